The molecule has 1 aromatic heterocycles. The van der Waals surface area contributed by atoms with Gasteiger partial charge in [0.05, 0.1) is 9.82 Å². The van der Waals surface area contributed by atoms with Crippen LogP contribution in [0.2, 0.25) is 0 Å². The molecule has 1 heterocycles. The molecule has 1 aromatic carbocycles. The summed E-state index contributed by atoms with van der Waals surface area (Å²) in [6.07, 6.45) is 0.707. The van der Waals surface area contributed by atoms with Crippen LogP contribution < -0.4 is 16.0 Å². The normalized spacial score (nSPS) is 11.4. The van der Waals surface area contributed by atoms with Gasteiger partial charge in [-0.25, -0.2) is 18.1 Å². The fraction of sp³-hybridized carbons (Fsp3) is 0.286. The SMILES string of the molecule is Cc1nc(N)[nH]c(=O)c1CCCNS(=O)(=O)c1ccc([N+](=O)[O-])cc1. The van der Waals surface area contributed by atoms with Crippen molar-refractivity contribution >= 4 is 21.7 Å². The van der Waals surface area contributed by atoms with Crippen molar-refractivity contribution in [3.63, 3.8) is 0 Å². The van der Waals surface area contributed by atoms with Gasteiger partial charge in [0.1, 0.15) is 0 Å². The number of aromatic nitrogens is 2. The van der Waals surface area contributed by atoms with E-state index in [0.29, 0.717) is 24.1 Å². The zero-order valence-electron chi connectivity index (χ0n) is 13.4. The highest BCUT2D eigenvalue weighted by Gasteiger charge is 2.15. The Morgan fingerprint density at radius 2 is 1.96 bits per heavy atom. The van der Waals surface area contributed by atoms with Gasteiger partial charge < -0.3 is 5.73 Å². The number of nitrogen functional groups attached to an aromatic ring is 1. The highest BCUT2D eigenvalue weighted by atomic mass is 32.2. The van der Waals surface area contributed by atoms with E-state index in [1.165, 1.54) is 12.1 Å². The Kier molecular flexibility index (Phi) is 5.49. The second-order valence-corrected chi connectivity index (χ2v) is 7.03. The van der Waals surface area contributed by atoms with E-state index in [-0.39, 0.29) is 28.6 Å². The molecule has 0 aliphatic heterocycles. The molecular formula is C14H17N5O5S. The van der Waals surface area contributed by atoms with Gasteiger partial charge in [-0.05, 0) is 31.9 Å². The molecule has 0 amide bonds. The Morgan fingerprint density at radius 3 is 2.52 bits per heavy atom. The maximum atomic E-state index is 12.1. The molecule has 134 valence electrons. The van der Waals surface area contributed by atoms with Crippen LogP contribution in [0.15, 0.2) is 34.0 Å². The second kappa shape index (κ2) is 7.40. The van der Waals surface area contributed by atoms with Gasteiger partial charge >= 0.3 is 0 Å². The standard InChI is InChI=1S/C14H17N5O5S/c1-9-12(13(20)18-14(15)17-9)3-2-8-16-25(23,24)11-6-4-10(5-7-11)19(21)22/h4-7,16H,2-3,8H2,1H3,(H3,15,17,18,20). The van der Waals surface area contributed by atoms with Crippen molar-refractivity contribution in [3.8, 4) is 0 Å². The lowest BCUT2D eigenvalue weighted by Gasteiger charge is -2.08. The summed E-state index contributed by atoms with van der Waals surface area (Å²) in [7, 11) is -3.78. The summed E-state index contributed by atoms with van der Waals surface area (Å²) in [5.74, 6) is 0.0325. The van der Waals surface area contributed by atoms with E-state index in [1.54, 1.807) is 6.92 Å². The quantitative estimate of drug-likeness (QED) is 0.364. The molecule has 2 rings (SSSR count). The molecule has 0 atom stereocenters. The maximum absolute atomic E-state index is 12.1. The molecule has 2 aromatic rings. The Balaban J connectivity index is 1.97. The molecule has 0 fully saturated rings. The minimum atomic E-state index is -3.78. The van der Waals surface area contributed by atoms with Gasteiger partial charge in [-0.3, -0.25) is 19.9 Å². The smallest absolute Gasteiger partial charge is 0.269 e. The van der Waals surface area contributed by atoms with E-state index in [1.807, 2.05) is 0 Å². The van der Waals surface area contributed by atoms with Crippen LogP contribution >= 0.6 is 0 Å². The van der Waals surface area contributed by atoms with Crippen LogP contribution in [-0.4, -0.2) is 29.9 Å². The highest BCUT2D eigenvalue weighted by molar-refractivity contribution is 7.89. The summed E-state index contributed by atoms with van der Waals surface area (Å²) in [5, 5.41) is 10.6. The number of anilines is 1. The van der Waals surface area contributed by atoms with E-state index >= 15 is 0 Å². The van der Waals surface area contributed by atoms with Crippen LogP contribution in [0.25, 0.3) is 0 Å². The first-order chi connectivity index (χ1) is 11.7. The van der Waals surface area contributed by atoms with Gasteiger partial charge in [0.2, 0.25) is 16.0 Å². The number of nitrogens with two attached hydrogens (primary N) is 1. The third-order valence-corrected chi connectivity index (χ3v) is 4.97. The van der Waals surface area contributed by atoms with E-state index in [9.17, 15) is 23.3 Å². The summed E-state index contributed by atoms with van der Waals surface area (Å²) in [6.45, 7) is 1.75. The summed E-state index contributed by atoms with van der Waals surface area (Å²) in [5.41, 5.74) is 5.85. The number of nitro benzene ring substituents is 1. The summed E-state index contributed by atoms with van der Waals surface area (Å²) in [4.78, 5) is 28.1. The van der Waals surface area contributed by atoms with Crippen LogP contribution in [0.4, 0.5) is 11.6 Å². The van der Waals surface area contributed by atoms with E-state index < -0.39 is 14.9 Å². The Morgan fingerprint density at radius 1 is 1.32 bits per heavy atom. The molecule has 0 aliphatic carbocycles. The maximum Gasteiger partial charge on any atom is 0.269 e. The topological polar surface area (TPSA) is 161 Å². The Labute approximate surface area is 143 Å². The van der Waals surface area contributed by atoms with Crippen molar-refractivity contribution in [1.82, 2.24) is 14.7 Å². The number of sulfonamides is 1. The average Bonchev–Trinajstić information content (AvgIpc) is 2.53. The second-order valence-electron chi connectivity index (χ2n) is 5.27. The number of hydrogen-bond donors (Lipinski definition) is 3. The molecule has 0 radical (unpaired) electrons. The molecular weight excluding hydrogens is 350 g/mol. The lowest BCUT2D eigenvalue weighted by Crippen LogP contribution is -2.26. The van der Waals surface area contributed by atoms with E-state index in [2.05, 4.69) is 14.7 Å². The number of nitrogens with zero attached hydrogens (tertiary/aromatic N) is 2. The van der Waals surface area contributed by atoms with Crippen molar-refractivity contribution in [1.29, 1.82) is 0 Å². The molecule has 0 saturated carbocycles. The van der Waals surface area contributed by atoms with E-state index in [0.717, 1.165) is 12.1 Å². The number of aryl methyl sites for hydroxylation is 1. The van der Waals surface area contributed by atoms with Gasteiger partial charge in [-0.15, -0.1) is 0 Å². The van der Waals surface area contributed by atoms with Gasteiger partial charge in [-0.2, -0.15) is 0 Å². The lowest BCUT2D eigenvalue weighted by molar-refractivity contribution is -0.384. The van der Waals surface area contributed by atoms with Gasteiger partial charge in [-0.1, -0.05) is 0 Å². The molecule has 11 heteroatoms. The summed E-state index contributed by atoms with van der Waals surface area (Å²) in [6, 6.07) is 4.58. The first kappa shape index (κ1) is 18.5. The number of rotatable bonds is 7. The van der Waals surface area contributed by atoms with Gasteiger partial charge in [0.25, 0.3) is 11.2 Å². The van der Waals surface area contributed by atoms with Crippen molar-refractivity contribution in [2.24, 2.45) is 0 Å². The zero-order chi connectivity index (χ0) is 18.6. The van der Waals surface area contributed by atoms with Crippen LogP contribution in [-0.2, 0) is 16.4 Å². The van der Waals surface area contributed by atoms with Crippen LogP contribution in [0.3, 0.4) is 0 Å². The lowest BCUT2D eigenvalue weighted by atomic mass is 10.1. The number of aromatic amines is 1. The zero-order valence-corrected chi connectivity index (χ0v) is 14.2. The molecule has 0 bridgehead atoms. The van der Waals surface area contributed by atoms with Crippen LogP contribution in [0.5, 0.6) is 0 Å². The molecule has 0 unspecified atom stereocenters. The molecule has 0 saturated heterocycles. The molecule has 10 nitrogen and oxygen atoms in total. The first-order valence-electron chi connectivity index (χ1n) is 7.30. The van der Waals surface area contributed by atoms with Crippen LogP contribution in [0.1, 0.15) is 17.7 Å². The molecule has 0 aliphatic rings. The van der Waals surface area contributed by atoms with E-state index in [4.69, 9.17) is 5.73 Å². The molecule has 25 heavy (non-hydrogen) atoms. The average molecular weight is 367 g/mol. The predicted octanol–water partition coefficient (Wildman–Crippen LogP) is 0.480. The minimum absolute atomic E-state index is 0.0325. The van der Waals surface area contributed by atoms with Gasteiger partial charge in [0.15, 0.2) is 0 Å². The van der Waals surface area contributed by atoms with Crippen molar-refractivity contribution in [2.45, 2.75) is 24.7 Å². The largest absolute Gasteiger partial charge is 0.369 e. The van der Waals surface area contributed by atoms with Crippen LogP contribution in [0, 0.1) is 17.0 Å². The Hall–Kier alpha value is -2.79. The van der Waals surface area contributed by atoms with Crippen molar-refractivity contribution < 1.29 is 13.3 Å². The molecule has 4 N–H and O–H groups in total. The van der Waals surface area contributed by atoms with Crippen molar-refractivity contribution in [2.75, 3.05) is 12.3 Å². The predicted molar refractivity (Wildman–Crippen MR) is 90.6 cm³/mol. The summed E-state index contributed by atoms with van der Waals surface area (Å²) < 4.78 is 26.6. The third kappa shape index (κ3) is 4.61. The number of nitrogens with one attached hydrogen (secondary N) is 2. The Bertz CT molecular complexity index is 937. The summed E-state index contributed by atoms with van der Waals surface area (Å²) >= 11 is 0. The number of non-ortho nitro benzene ring substituents is 1. The molecule has 0 spiro atoms. The fourth-order valence-corrected chi connectivity index (χ4v) is 3.30. The fourth-order valence-electron chi connectivity index (χ4n) is 2.23. The number of hydrogen-bond acceptors (Lipinski definition) is 7. The monoisotopic (exact) mass is 367 g/mol. The van der Waals surface area contributed by atoms with Crippen molar-refractivity contribution in [3.05, 3.63) is 56.0 Å². The first-order valence-corrected chi connectivity index (χ1v) is 8.78. The number of H-pyrrole nitrogens is 1. The highest BCUT2D eigenvalue weighted by Crippen LogP contribution is 2.15. The number of benzene rings is 1. The minimum Gasteiger partial charge on any atom is -0.369 e. The van der Waals surface area contributed by atoms with Gasteiger partial charge in [0, 0.05) is 29.9 Å². The third-order valence-electron chi connectivity index (χ3n) is 3.49. The number of nitro groups is 1.